The SMILES string of the molecule is CCC(O)c1ccccc1Sc1ccc(Br)cc1. The monoisotopic (exact) mass is 322 g/mol. The topological polar surface area (TPSA) is 20.2 Å². The Kier molecular flexibility index (Phi) is 4.87. The van der Waals surface area contributed by atoms with Crippen LogP contribution in [0, 0.1) is 0 Å². The van der Waals surface area contributed by atoms with Crippen molar-refractivity contribution in [2.45, 2.75) is 29.2 Å². The van der Waals surface area contributed by atoms with Crippen LogP contribution in [0.3, 0.4) is 0 Å². The Labute approximate surface area is 120 Å². The molecule has 0 aliphatic rings. The van der Waals surface area contributed by atoms with Crippen molar-refractivity contribution in [3.8, 4) is 0 Å². The van der Waals surface area contributed by atoms with Gasteiger partial charge in [0.1, 0.15) is 0 Å². The quantitative estimate of drug-likeness (QED) is 0.850. The molecule has 0 saturated heterocycles. The molecule has 0 aromatic heterocycles. The van der Waals surface area contributed by atoms with Crippen LogP contribution in [0.1, 0.15) is 25.0 Å². The van der Waals surface area contributed by atoms with E-state index in [2.05, 4.69) is 34.1 Å². The Bertz CT molecular complexity index is 510. The molecule has 3 heteroatoms. The highest BCUT2D eigenvalue weighted by molar-refractivity contribution is 9.10. The molecule has 0 aliphatic carbocycles. The predicted octanol–water partition coefficient (Wildman–Crippen LogP) is 5.04. The van der Waals surface area contributed by atoms with E-state index in [0.717, 1.165) is 21.4 Å². The number of benzene rings is 2. The highest BCUT2D eigenvalue weighted by Gasteiger charge is 2.10. The number of aliphatic hydroxyl groups is 1. The minimum absolute atomic E-state index is 0.385. The summed E-state index contributed by atoms with van der Waals surface area (Å²) in [4.78, 5) is 2.29. The highest BCUT2D eigenvalue weighted by Crippen LogP contribution is 2.34. The van der Waals surface area contributed by atoms with E-state index in [4.69, 9.17) is 0 Å². The maximum atomic E-state index is 10.0. The molecule has 1 unspecified atom stereocenters. The Morgan fingerprint density at radius 3 is 2.44 bits per heavy atom. The first kappa shape index (κ1) is 13.7. The van der Waals surface area contributed by atoms with Crippen molar-refractivity contribution >= 4 is 27.7 Å². The van der Waals surface area contributed by atoms with Gasteiger partial charge < -0.3 is 5.11 Å². The van der Waals surface area contributed by atoms with E-state index in [1.54, 1.807) is 11.8 Å². The average Bonchev–Trinajstić information content (AvgIpc) is 2.41. The lowest BCUT2D eigenvalue weighted by Gasteiger charge is -2.13. The molecule has 1 nitrogen and oxygen atoms in total. The molecular weight excluding hydrogens is 308 g/mol. The zero-order valence-corrected chi connectivity index (χ0v) is 12.5. The number of rotatable bonds is 4. The second kappa shape index (κ2) is 6.41. The molecule has 94 valence electrons. The lowest BCUT2D eigenvalue weighted by atomic mass is 10.1. The zero-order chi connectivity index (χ0) is 13.0. The second-order valence-corrected chi connectivity index (χ2v) is 6.05. The molecule has 2 rings (SSSR count). The summed E-state index contributed by atoms with van der Waals surface area (Å²) in [6.07, 6.45) is 0.349. The molecule has 18 heavy (non-hydrogen) atoms. The molecule has 0 amide bonds. The molecule has 0 bridgehead atoms. The van der Waals surface area contributed by atoms with E-state index in [1.807, 2.05) is 37.3 Å². The van der Waals surface area contributed by atoms with Crippen LogP contribution in [-0.2, 0) is 0 Å². The fourth-order valence-electron chi connectivity index (χ4n) is 1.70. The largest absolute Gasteiger partial charge is 0.388 e. The van der Waals surface area contributed by atoms with Crippen LogP contribution in [0.2, 0.25) is 0 Å². The molecule has 0 saturated carbocycles. The van der Waals surface area contributed by atoms with Gasteiger partial charge in [-0.25, -0.2) is 0 Å². The van der Waals surface area contributed by atoms with Gasteiger partial charge in [-0.1, -0.05) is 52.8 Å². The van der Waals surface area contributed by atoms with Crippen LogP contribution >= 0.6 is 27.7 Å². The van der Waals surface area contributed by atoms with Crippen molar-refractivity contribution in [2.75, 3.05) is 0 Å². The van der Waals surface area contributed by atoms with Gasteiger partial charge in [0.05, 0.1) is 6.10 Å². The lowest BCUT2D eigenvalue weighted by molar-refractivity contribution is 0.171. The van der Waals surface area contributed by atoms with Gasteiger partial charge in [0.2, 0.25) is 0 Å². The molecule has 0 radical (unpaired) electrons. The van der Waals surface area contributed by atoms with Crippen molar-refractivity contribution in [1.29, 1.82) is 0 Å². The first-order valence-corrected chi connectivity index (χ1v) is 7.52. The van der Waals surface area contributed by atoms with Crippen LogP contribution in [-0.4, -0.2) is 5.11 Å². The summed E-state index contributed by atoms with van der Waals surface area (Å²) in [5.74, 6) is 0. The summed E-state index contributed by atoms with van der Waals surface area (Å²) in [6.45, 7) is 1.99. The van der Waals surface area contributed by atoms with Crippen LogP contribution in [0.25, 0.3) is 0 Å². The van der Waals surface area contributed by atoms with Gasteiger partial charge in [0.25, 0.3) is 0 Å². The van der Waals surface area contributed by atoms with E-state index >= 15 is 0 Å². The Morgan fingerprint density at radius 1 is 1.11 bits per heavy atom. The maximum absolute atomic E-state index is 10.0. The predicted molar refractivity (Wildman–Crippen MR) is 80.0 cm³/mol. The highest BCUT2D eigenvalue weighted by atomic mass is 79.9. The molecule has 0 heterocycles. The van der Waals surface area contributed by atoms with Crippen molar-refractivity contribution < 1.29 is 5.11 Å². The van der Waals surface area contributed by atoms with E-state index in [-0.39, 0.29) is 6.10 Å². The van der Waals surface area contributed by atoms with Gasteiger partial charge in [-0.15, -0.1) is 0 Å². The first-order chi connectivity index (χ1) is 8.70. The van der Waals surface area contributed by atoms with Gasteiger partial charge in [-0.2, -0.15) is 0 Å². The van der Waals surface area contributed by atoms with Crippen molar-refractivity contribution in [3.05, 3.63) is 58.6 Å². The minimum Gasteiger partial charge on any atom is -0.388 e. The molecule has 0 fully saturated rings. The summed E-state index contributed by atoms with van der Waals surface area (Å²) in [6, 6.07) is 16.2. The summed E-state index contributed by atoms with van der Waals surface area (Å²) in [5.41, 5.74) is 1.01. The van der Waals surface area contributed by atoms with Crippen molar-refractivity contribution in [3.63, 3.8) is 0 Å². The van der Waals surface area contributed by atoms with Crippen LogP contribution in [0.5, 0.6) is 0 Å². The third-order valence-electron chi connectivity index (χ3n) is 2.71. The molecule has 2 aromatic carbocycles. The van der Waals surface area contributed by atoms with E-state index in [0.29, 0.717) is 0 Å². The Hall–Kier alpha value is -0.770. The van der Waals surface area contributed by atoms with Gasteiger partial charge in [0.15, 0.2) is 0 Å². The molecule has 1 atom stereocenters. The van der Waals surface area contributed by atoms with Crippen LogP contribution in [0.4, 0.5) is 0 Å². The number of hydrogen-bond donors (Lipinski definition) is 1. The average molecular weight is 323 g/mol. The first-order valence-electron chi connectivity index (χ1n) is 5.91. The normalized spacial score (nSPS) is 12.4. The summed E-state index contributed by atoms with van der Waals surface area (Å²) in [5, 5.41) is 10.0. The smallest absolute Gasteiger partial charge is 0.0798 e. The minimum atomic E-state index is -0.385. The van der Waals surface area contributed by atoms with Crippen LogP contribution in [0.15, 0.2) is 62.8 Å². The summed E-state index contributed by atoms with van der Waals surface area (Å²) < 4.78 is 1.08. The number of halogens is 1. The van der Waals surface area contributed by atoms with E-state index < -0.39 is 0 Å². The van der Waals surface area contributed by atoms with E-state index in [1.165, 1.54) is 4.90 Å². The third kappa shape index (κ3) is 3.37. The fraction of sp³-hybridized carbons (Fsp3) is 0.200. The van der Waals surface area contributed by atoms with Crippen molar-refractivity contribution in [2.24, 2.45) is 0 Å². The summed E-state index contributed by atoms with van der Waals surface area (Å²) in [7, 11) is 0. The fourth-order valence-corrected chi connectivity index (χ4v) is 2.96. The van der Waals surface area contributed by atoms with Gasteiger partial charge in [-0.3, -0.25) is 0 Å². The molecule has 2 aromatic rings. The third-order valence-corrected chi connectivity index (χ3v) is 4.33. The number of aliphatic hydroxyl groups excluding tert-OH is 1. The van der Waals surface area contributed by atoms with E-state index in [9.17, 15) is 5.11 Å². The van der Waals surface area contributed by atoms with Crippen molar-refractivity contribution in [1.82, 2.24) is 0 Å². The number of hydrogen-bond acceptors (Lipinski definition) is 2. The standard InChI is InChI=1S/C15H15BrOS/c1-2-14(17)13-5-3-4-6-15(13)18-12-9-7-11(16)8-10-12/h3-10,14,17H,2H2,1H3. The maximum Gasteiger partial charge on any atom is 0.0798 e. The summed E-state index contributed by atoms with van der Waals surface area (Å²) >= 11 is 5.12. The zero-order valence-electron chi connectivity index (χ0n) is 10.1. The second-order valence-electron chi connectivity index (χ2n) is 4.02. The molecule has 0 aliphatic heterocycles. The van der Waals surface area contributed by atoms with Gasteiger partial charge in [0, 0.05) is 14.3 Å². The van der Waals surface area contributed by atoms with Gasteiger partial charge >= 0.3 is 0 Å². The Morgan fingerprint density at radius 2 is 1.78 bits per heavy atom. The molecule has 0 spiro atoms. The molecule has 1 N–H and O–H groups in total. The molecular formula is C15H15BrOS. The van der Waals surface area contributed by atoms with Crippen LogP contribution < -0.4 is 0 Å². The lowest BCUT2D eigenvalue weighted by Crippen LogP contribution is -1.96. The van der Waals surface area contributed by atoms with Gasteiger partial charge in [-0.05, 0) is 42.3 Å². The Balaban J connectivity index is 2.26.